The molecular weight excluding hydrogens is 346 g/mol. The van der Waals surface area contributed by atoms with Gasteiger partial charge >= 0.3 is 5.97 Å². The summed E-state index contributed by atoms with van der Waals surface area (Å²) in [5, 5.41) is 13.2. The second kappa shape index (κ2) is 8.70. The maximum Gasteiger partial charge on any atom is 0.338 e. The normalized spacial score (nSPS) is 14.9. The van der Waals surface area contributed by atoms with Crippen molar-refractivity contribution in [1.29, 1.82) is 0 Å². The molecule has 1 aromatic carbocycles. The summed E-state index contributed by atoms with van der Waals surface area (Å²) in [6.07, 6.45) is 6.53. The molecule has 1 aliphatic heterocycles. The molecule has 0 unspecified atom stereocenters. The van der Waals surface area contributed by atoms with Crippen LogP contribution < -0.4 is 4.74 Å². The summed E-state index contributed by atoms with van der Waals surface area (Å²) in [6.45, 7) is 4.06. The number of aromatic nitrogens is 2. The largest absolute Gasteiger partial charge is 0.494 e. The standard InChI is InChI=1S/C20H25N3O4/c1-2-3-12-27-18-6-4-15(5-7-18)19(24)22-10-8-17(9-11-22)23-14-16(13-21-23)20(25)26/h4-7,13-14,17H,2-3,8-12H2,1H3,(H,25,26). The topological polar surface area (TPSA) is 84.7 Å². The third kappa shape index (κ3) is 4.67. The highest BCUT2D eigenvalue weighted by atomic mass is 16.5. The number of carbonyl (C=O) groups excluding carboxylic acids is 1. The minimum Gasteiger partial charge on any atom is -0.494 e. The van der Waals surface area contributed by atoms with E-state index in [2.05, 4.69) is 12.0 Å². The van der Waals surface area contributed by atoms with E-state index in [1.54, 1.807) is 10.9 Å². The molecule has 0 radical (unpaired) electrons. The van der Waals surface area contributed by atoms with Crippen molar-refractivity contribution in [3.8, 4) is 5.75 Å². The Balaban J connectivity index is 1.54. The molecule has 1 N–H and O–H groups in total. The number of hydrogen-bond donors (Lipinski definition) is 1. The van der Waals surface area contributed by atoms with Gasteiger partial charge in [-0.05, 0) is 43.5 Å². The fourth-order valence-corrected chi connectivity index (χ4v) is 3.19. The quantitative estimate of drug-likeness (QED) is 0.755. The monoisotopic (exact) mass is 371 g/mol. The maximum absolute atomic E-state index is 12.7. The van der Waals surface area contributed by atoms with E-state index in [-0.39, 0.29) is 17.5 Å². The molecule has 27 heavy (non-hydrogen) atoms. The smallest absolute Gasteiger partial charge is 0.338 e. The van der Waals surface area contributed by atoms with Crippen molar-refractivity contribution in [3.63, 3.8) is 0 Å². The molecule has 0 aliphatic carbocycles. The molecule has 7 heteroatoms. The Kier molecular flexibility index (Phi) is 6.11. The number of carboxylic acid groups (broad SMARTS) is 1. The molecule has 144 valence electrons. The van der Waals surface area contributed by atoms with E-state index in [9.17, 15) is 9.59 Å². The number of carboxylic acids is 1. The Morgan fingerprint density at radius 3 is 2.48 bits per heavy atom. The van der Waals surface area contributed by atoms with Crippen LogP contribution in [0.5, 0.6) is 5.75 Å². The highest BCUT2D eigenvalue weighted by Crippen LogP contribution is 2.24. The van der Waals surface area contributed by atoms with E-state index in [1.807, 2.05) is 29.2 Å². The number of rotatable bonds is 7. The van der Waals surface area contributed by atoms with Gasteiger partial charge in [0.25, 0.3) is 5.91 Å². The molecule has 0 atom stereocenters. The van der Waals surface area contributed by atoms with E-state index in [0.717, 1.165) is 31.4 Å². The number of aromatic carboxylic acids is 1. The Labute approximate surface area is 158 Å². The van der Waals surface area contributed by atoms with Crippen LogP contribution in [-0.2, 0) is 0 Å². The fourth-order valence-electron chi connectivity index (χ4n) is 3.19. The molecule has 0 saturated carbocycles. The molecule has 2 heterocycles. The van der Waals surface area contributed by atoms with Crippen molar-refractivity contribution in [2.24, 2.45) is 0 Å². The van der Waals surface area contributed by atoms with Gasteiger partial charge in [0.05, 0.1) is 24.4 Å². The lowest BCUT2D eigenvalue weighted by Crippen LogP contribution is -2.39. The summed E-state index contributed by atoms with van der Waals surface area (Å²) in [6, 6.07) is 7.42. The van der Waals surface area contributed by atoms with Gasteiger partial charge < -0.3 is 14.7 Å². The van der Waals surface area contributed by atoms with Gasteiger partial charge in [-0.25, -0.2) is 4.79 Å². The number of piperidine rings is 1. The first kappa shape index (κ1) is 18.9. The van der Waals surface area contributed by atoms with Crippen LogP contribution in [0.3, 0.4) is 0 Å². The zero-order valence-electron chi connectivity index (χ0n) is 15.5. The minimum atomic E-state index is -0.976. The van der Waals surface area contributed by atoms with Gasteiger partial charge in [-0.2, -0.15) is 5.10 Å². The summed E-state index contributed by atoms with van der Waals surface area (Å²) in [5.74, 6) is -0.178. The van der Waals surface area contributed by atoms with Gasteiger partial charge in [0, 0.05) is 24.8 Å². The van der Waals surface area contributed by atoms with Gasteiger partial charge in [0.2, 0.25) is 0 Å². The highest BCUT2D eigenvalue weighted by Gasteiger charge is 2.25. The molecule has 1 amide bonds. The number of amides is 1. The summed E-state index contributed by atoms with van der Waals surface area (Å²) in [7, 11) is 0. The van der Waals surface area contributed by atoms with Crippen molar-refractivity contribution < 1.29 is 19.4 Å². The predicted molar refractivity (Wildman–Crippen MR) is 100 cm³/mol. The van der Waals surface area contributed by atoms with Crippen LogP contribution in [0.1, 0.15) is 59.4 Å². The Bertz CT molecular complexity index is 777. The molecule has 0 bridgehead atoms. The van der Waals surface area contributed by atoms with Gasteiger partial charge in [-0.3, -0.25) is 9.48 Å². The number of ether oxygens (including phenoxy) is 1. The van der Waals surface area contributed by atoms with Crippen LogP contribution in [0.2, 0.25) is 0 Å². The molecule has 0 spiro atoms. The number of carbonyl (C=O) groups is 2. The van der Waals surface area contributed by atoms with Crippen LogP contribution in [0, 0.1) is 0 Å². The number of hydrogen-bond acceptors (Lipinski definition) is 4. The van der Waals surface area contributed by atoms with Crippen LogP contribution >= 0.6 is 0 Å². The lowest BCUT2D eigenvalue weighted by molar-refractivity contribution is 0.0688. The zero-order valence-corrected chi connectivity index (χ0v) is 15.5. The van der Waals surface area contributed by atoms with Crippen molar-refractivity contribution in [2.75, 3.05) is 19.7 Å². The number of nitrogens with zero attached hydrogens (tertiary/aromatic N) is 3. The fraction of sp³-hybridized carbons (Fsp3) is 0.450. The molecule has 2 aromatic rings. The number of likely N-dealkylation sites (tertiary alicyclic amines) is 1. The second-order valence-corrected chi connectivity index (χ2v) is 6.76. The predicted octanol–water partition coefficient (Wildman–Crippen LogP) is 3.24. The van der Waals surface area contributed by atoms with E-state index < -0.39 is 5.97 Å². The van der Waals surface area contributed by atoms with Crippen molar-refractivity contribution in [1.82, 2.24) is 14.7 Å². The average Bonchev–Trinajstić information content (AvgIpc) is 3.19. The van der Waals surface area contributed by atoms with Gasteiger partial charge in [-0.1, -0.05) is 13.3 Å². The Hall–Kier alpha value is -2.83. The average molecular weight is 371 g/mol. The molecule has 1 saturated heterocycles. The molecule has 1 fully saturated rings. The molecule has 7 nitrogen and oxygen atoms in total. The van der Waals surface area contributed by atoms with Crippen molar-refractivity contribution >= 4 is 11.9 Å². The van der Waals surface area contributed by atoms with Crippen molar-refractivity contribution in [2.45, 2.75) is 38.6 Å². The second-order valence-electron chi connectivity index (χ2n) is 6.76. The third-order valence-electron chi connectivity index (χ3n) is 4.84. The van der Waals surface area contributed by atoms with Crippen LogP contribution in [0.15, 0.2) is 36.7 Å². The van der Waals surface area contributed by atoms with Crippen LogP contribution in [0.25, 0.3) is 0 Å². The van der Waals surface area contributed by atoms with Crippen LogP contribution in [0.4, 0.5) is 0 Å². The first-order valence-corrected chi connectivity index (χ1v) is 9.38. The Morgan fingerprint density at radius 1 is 1.19 bits per heavy atom. The first-order valence-electron chi connectivity index (χ1n) is 9.38. The van der Waals surface area contributed by atoms with Crippen molar-refractivity contribution in [3.05, 3.63) is 47.8 Å². The van der Waals surface area contributed by atoms with E-state index in [1.165, 1.54) is 6.20 Å². The number of unbranched alkanes of at least 4 members (excludes halogenated alkanes) is 1. The highest BCUT2D eigenvalue weighted by molar-refractivity contribution is 5.94. The summed E-state index contributed by atoms with van der Waals surface area (Å²) in [5.41, 5.74) is 0.846. The molecule has 1 aliphatic rings. The first-order chi connectivity index (χ1) is 13.1. The summed E-state index contributed by atoms with van der Waals surface area (Å²) in [4.78, 5) is 25.5. The third-order valence-corrected chi connectivity index (χ3v) is 4.84. The maximum atomic E-state index is 12.7. The zero-order chi connectivity index (χ0) is 19.2. The van der Waals surface area contributed by atoms with Gasteiger partial charge in [0.15, 0.2) is 0 Å². The lowest BCUT2D eigenvalue weighted by atomic mass is 10.0. The summed E-state index contributed by atoms with van der Waals surface area (Å²) < 4.78 is 7.33. The van der Waals surface area contributed by atoms with E-state index >= 15 is 0 Å². The molecule has 3 rings (SSSR count). The van der Waals surface area contributed by atoms with Gasteiger partial charge in [0.1, 0.15) is 5.75 Å². The van der Waals surface area contributed by atoms with Gasteiger partial charge in [-0.15, -0.1) is 0 Å². The minimum absolute atomic E-state index is 0.0141. The summed E-state index contributed by atoms with van der Waals surface area (Å²) >= 11 is 0. The molecule has 1 aromatic heterocycles. The van der Waals surface area contributed by atoms with E-state index in [4.69, 9.17) is 9.84 Å². The lowest BCUT2D eigenvalue weighted by Gasteiger charge is -2.32. The van der Waals surface area contributed by atoms with E-state index in [0.29, 0.717) is 25.3 Å². The SMILES string of the molecule is CCCCOc1ccc(C(=O)N2CCC(n3cc(C(=O)O)cn3)CC2)cc1. The Morgan fingerprint density at radius 2 is 1.89 bits per heavy atom. The molecular formula is C20H25N3O4. The number of benzene rings is 1. The van der Waals surface area contributed by atoms with Crippen LogP contribution in [-0.4, -0.2) is 51.4 Å².